The van der Waals surface area contributed by atoms with Crippen molar-refractivity contribution in [2.45, 2.75) is 129 Å². The number of hydrogen-bond acceptors (Lipinski definition) is 5. The summed E-state index contributed by atoms with van der Waals surface area (Å²) in [6.45, 7) is 17.1. The predicted molar refractivity (Wildman–Crippen MR) is 136 cm³/mol. The van der Waals surface area contributed by atoms with Gasteiger partial charge in [0.05, 0.1) is 0 Å². The quantitative estimate of drug-likeness (QED) is 0.393. The highest BCUT2D eigenvalue weighted by Gasteiger charge is 2.45. The molecule has 3 N–H and O–H groups in total. The van der Waals surface area contributed by atoms with Crippen LogP contribution in [0.4, 0.5) is 4.79 Å². The summed E-state index contributed by atoms with van der Waals surface area (Å²) >= 11 is 0. The third-order valence-electron chi connectivity index (χ3n) is 7.12. The van der Waals surface area contributed by atoms with Crippen LogP contribution >= 0.6 is 0 Å². The number of aliphatic hydroxyl groups excluding tert-OH is 2. The van der Waals surface area contributed by atoms with Gasteiger partial charge in [0.25, 0.3) is 0 Å². The number of nitrogens with zero attached hydrogens (tertiary/aromatic N) is 1. The molecule has 6 heteroatoms. The molecule has 6 nitrogen and oxygen atoms in total. The minimum absolute atomic E-state index is 0.1000. The van der Waals surface area contributed by atoms with Gasteiger partial charge < -0.3 is 25.2 Å². The summed E-state index contributed by atoms with van der Waals surface area (Å²) in [4.78, 5) is 14.3. The Hall–Kier alpha value is -0.850. The van der Waals surface area contributed by atoms with E-state index in [4.69, 9.17) is 14.9 Å². The lowest BCUT2D eigenvalue weighted by Gasteiger charge is -2.36. The molecule has 33 heavy (non-hydrogen) atoms. The van der Waals surface area contributed by atoms with Crippen LogP contribution in [0, 0.1) is 11.8 Å². The maximum atomic E-state index is 12.4. The van der Waals surface area contributed by atoms with Crippen LogP contribution in [0.3, 0.4) is 0 Å². The second kappa shape index (κ2) is 13.9. The van der Waals surface area contributed by atoms with Crippen LogP contribution in [0.2, 0.25) is 0 Å². The third kappa shape index (κ3) is 10.5. The molecule has 4 atom stereocenters. The first-order valence-electron chi connectivity index (χ1n) is 13.4. The van der Waals surface area contributed by atoms with Crippen molar-refractivity contribution in [3.05, 3.63) is 0 Å². The van der Waals surface area contributed by atoms with E-state index in [1.54, 1.807) is 0 Å². The molecule has 0 bridgehead atoms. The lowest BCUT2D eigenvalue weighted by molar-refractivity contribution is 0.00904. The molecular formula is C27H54N2O4. The topological polar surface area (TPSA) is 82.0 Å². The molecule has 2 heterocycles. The van der Waals surface area contributed by atoms with Gasteiger partial charge in [-0.3, -0.25) is 0 Å². The summed E-state index contributed by atoms with van der Waals surface area (Å²) < 4.78 is 5.55. The van der Waals surface area contributed by atoms with Gasteiger partial charge in [0.2, 0.25) is 0 Å². The van der Waals surface area contributed by atoms with Gasteiger partial charge in [-0.25, -0.2) is 4.79 Å². The number of likely N-dealkylation sites (tertiary alicyclic amines) is 1. The van der Waals surface area contributed by atoms with Crippen molar-refractivity contribution >= 4 is 6.09 Å². The fourth-order valence-corrected chi connectivity index (χ4v) is 5.73. The molecule has 4 unspecified atom stereocenters. The van der Waals surface area contributed by atoms with Gasteiger partial charge in [-0.1, -0.05) is 26.7 Å². The zero-order chi connectivity index (χ0) is 25.1. The molecule has 2 aliphatic rings. The molecule has 0 aromatic heterocycles. The number of carbonyl (C=O) groups is 1. The maximum absolute atomic E-state index is 12.4. The number of aliphatic hydroxyl groups is 2. The molecule has 2 aliphatic heterocycles. The third-order valence-corrected chi connectivity index (χ3v) is 7.12. The standard InChI is InChI=1S/C16H31NO3.C11H23NO/c1-6-9-16(5)11-13(8-7-10-18)12-17(16)14(19)20-15(2,3)4;1-3-6-11(2)8-10(9-12-11)5-4-7-13/h13,18H,6-12H2,1-5H3;10,12-13H,3-9H2,1-2H3. The van der Waals surface area contributed by atoms with Crippen molar-refractivity contribution in [3.63, 3.8) is 0 Å². The zero-order valence-corrected chi connectivity index (χ0v) is 22.7. The molecule has 196 valence electrons. The minimum atomic E-state index is -0.451. The van der Waals surface area contributed by atoms with Crippen molar-refractivity contribution in [3.8, 4) is 0 Å². The zero-order valence-electron chi connectivity index (χ0n) is 22.7. The average Bonchev–Trinajstić information content (AvgIpc) is 3.24. The van der Waals surface area contributed by atoms with Crippen LogP contribution in [0.1, 0.15) is 113 Å². The first kappa shape index (κ1) is 30.2. The second-order valence-corrected chi connectivity index (χ2v) is 11.9. The Morgan fingerprint density at radius 1 is 1.00 bits per heavy atom. The van der Waals surface area contributed by atoms with Crippen LogP contribution in [0.25, 0.3) is 0 Å². The Kier molecular flexibility index (Phi) is 12.7. The molecule has 0 spiro atoms. The van der Waals surface area contributed by atoms with Gasteiger partial charge in [0.15, 0.2) is 0 Å². The Bertz CT molecular complexity index is 565. The highest BCUT2D eigenvalue weighted by atomic mass is 16.6. The highest BCUT2D eigenvalue weighted by Crippen LogP contribution is 2.39. The van der Waals surface area contributed by atoms with Crippen molar-refractivity contribution < 1.29 is 19.7 Å². The monoisotopic (exact) mass is 470 g/mol. The van der Waals surface area contributed by atoms with Gasteiger partial charge in [0, 0.05) is 30.8 Å². The second-order valence-electron chi connectivity index (χ2n) is 11.9. The highest BCUT2D eigenvalue weighted by molar-refractivity contribution is 5.69. The van der Waals surface area contributed by atoms with Gasteiger partial charge in [-0.15, -0.1) is 0 Å². The average molecular weight is 471 g/mol. The van der Waals surface area contributed by atoms with E-state index in [-0.39, 0.29) is 18.2 Å². The van der Waals surface area contributed by atoms with Crippen LogP contribution in [0.15, 0.2) is 0 Å². The van der Waals surface area contributed by atoms with E-state index >= 15 is 0 Å². The molecular weight excluding hydrogens is 416 g/mol. The van der Waals surface area contributed by atoms with E-state index in [1.165, 1.54) is 25.7 Å². The van der Waals surface area contributed by atoms with E-state index in [1.807, 2.05) is 25.7 Å². The Labute approximate surface area is 203 Å². The van der Waals surface area contributed by atoms with Gasteiger partial charge in [-0.2, -0.15) is 0 Å². The van der Waals surface area contributed by atoms with Gasteiger partial charge in [0.1, 0.15) is 5.60 Å². The van der Waals surface area contributed by atoms with Crippen molar-refractivity contribution in [1.82, 2.24) is 10.2 Å². The molecule has 2 fully saturated rings. The summed E-state index contributed by atoms with van der Waals surface area (Å²) in [6.07, 6.45) is 10.7. The number of nitrogens with one attached hydrogen (secondary N) is 1. The molecule has 2 rings (SSSR count). The Morgan fingerprint density at radius 3 is 2.09 bits per heavy atom. The minimum Gasteiger partial charge on any atom is -0.444 e. The molecule has 0 aromatic rings. The van der Waals surface area contributed by atoms with Crippen LogP contribution in [-0.2, 0) is 4.74 Å². The number of hydrogen-bond donors (Lipinski definition) is 3. The Morgan fingerprint density at radius 2 is 1.58 bits per heavy atom. The normalized spacial score (nSPS) is 29.7. The molecule has 2 saturated heterocycles. The van der Waals surface area contributed by atoms with Crippen LogP contribution in [0.5, 0.6) is 0 Å². The summed E-state index contributed by atoms with van der Waals surface area (Å²) in [5.74, 6) is 1.27. The maximum Gasteiger partial charge on any atom is 0.410 e. The summed E-state index contributed by atoms with van der Waals surface area (Å²) in [5, 5.41) is 21.3. The van der Waals surface area contributed by atoms with E-state index in [9.17, 15) is 4.79 Å². The Balaban J connectivity index is 0.000000361. The summed E-state index contributed by atoms with van der Waals surface area (Å²) in [6, 6.07) is 0. The smallest absolute Gasteiger partial charge is 0.410 e. The molecule has 0 radical (unpaired) electrons. The van der Waals surface area contributed by atoms with Crippen molar-refractivity contribution in [2.24, 2.45) is 11.8 Å². The van der Waals surface area contributed by atoms with E-state index < -0.39 is 5.60 Å². The van der Waals surface area contributed by atoms with Crippen LogP contribution in [-0.4, -0.2) is 64.2 Å². The fraction of sp³-hybridized carbons (Fsp3) is 0.963. The van der Waals surface area contributed by atoms with E-state index in [0.29, 0.717) is 18.1 Å². The molecule has 0 saturated carbocycles. The van der Waals surface area contributed by atoms with Gasteiger partial charge in [-0.05, 0) is 104 Å². The van der Waals surface area contributed by atoms with Gasteiger partial charge >= 0.3 is 6.09 Å². The summed E-state index contributed by atoms with van der Waals surface area (Å²) in [5.41, 5.74) is -0.167. The molecule has 0 aromatic carbocycles. The fourth-order valence-electron chi connectivity index (χ4n) is 5.73. The molecule has 1 amide bonds. The lowest BCUT2D eigenvalue weighted by atomic mass is 9.88. The number of rotatable bonds is 10. The van der Waals surface area contributed by atoms with Crippen molar-refractivity contribution in [1.29, 1.82) is 0 Å². The first-order valence-corrected chi connectivity index (χ1v) is 13.4. The van der Waals surface area contributed by atoms with Crippen molar-refractivity contribution in [2.75, 3.05) is 26.3 Å². The SMILES string of the molecule is CCCC1(C)CC(CCCO)CN1.CCCC1(C)CC(CCCO)CN1C(=O)OC(C)(C)C. The largest absolute Gasteiger partial charge is 0.444 e. The van der Waals surface area contributed by atoms with Crippen LogP contribution < -0.4 is 5.32 Å². The predicted octanol–water partition coefficient (Wildman–Crippen LogP) is 5.50. The first-order chi connectivity index (χ1) is 15.4. The number of amides is 1. The summed E-state index contributed by atoms with van der Waals surface area (Å²) in [7, 11) is 0. The molecule has 0 aliphatic carbocycles. The number of ether oxygens (including phenoxy) is 1. The van der Waals surface area contributed by atoms with E-state index in [2.05, 4.69) is 33.0 Å². The van der Waals surface area contributed by atoms with E-state index in [0.717, 1.165) is 57.5 Å². The number of carbonyl (C=O) groups excluding carboxylic acids is 1. The lowest BCUT2D eigenvalue weighted by Crippen LogP contribution is -2.47.